The Labute approximate surface area is 136 Å². The Bertz CT molecular complexity index is 760. The molecule has 0 spiro atoms. The second kappa shape index (κ2) is 6.01. The van der Waals surface area contributed by atoms with Crippen molar-refractivity contribution in [1.82, 2.24) is 5.01 Å². The summed E-state index contributed by atoms with van der Waals surface area (Å²) in [6.07, 6.45) is 0.569. The van der Waals surface area contributed by atoms with E-state index in [-0.39, 0.29) is 17.8 Å². The van der Waals surface area contributed by atoms with E-state index in [1.54, 1.807) is 6.07 Å². The molecule has 2 aromatic carbocycles. The van der Waals surface area contributed by atoms with Crippen molar-refractivity contribution in [3.05, 3.63) is 69.9 Å². The monoisotopic (exact) mass is 360 g/mol. The molecule has 2 aromatic rings. The third kappa shape index (κ3) is 2.95. The van der Waals surface area contributed by atoms with Crippen LogP contribution >= 0.6 is 15.9 Å². The van der Waals surface area contributed by atoms with Gasteiger partial charge in [-0.3, -0.25) is 4.79 Å². The van der Waals surface area contributed by atoms with Crippen molar-refractivity contribution in [2.24, 2.45) is 5.10 Å². The molecule has 3 rings (SSSR count). The zero-order chi connectivity index (χ0) is 15.7. The normalized spacial score (nSPS) is 17.5. The van der Waals surface area contributed by atoms with E-state index in [0.29, 0.717) is 12.0 Å². The Morgan fingerprint density at radius 3 is 2.73 bits per heavy atom. The summed E-state index contributed by atoms with van der Waals surface area (Å²) in [5.41, 5.74) is 2.43. The second-order valence-electron chi connectivity index (χ2n) is 5.20. The van der Waals surface area contributed by atoms with E-state index in [2.05, 4.69) is 21.0 Å². The van der Waals surface area contributed by atoms with Crippen LogP contribution in [0.4, 0.5) is 4.39 Å². The van der Waals surface area contributed by atoms with Crippen molar-refractivity contribution in [2.75, 3.05) is 0 Å². The lowest BCUT2D eigenvalue weighted by molar-refractivity contribution is -0.130. The van der Waals surface area contributed by atoms with Crippen LogP contribution in [0.5, 0.6) is 0 Å². The highest BCUT2D eigenvalue weighted by Gasteiger charge is 2.31. The predicted molar refractivity (Wildman–Crippen MR) is 87.0 cm³/mol. The van der Waals surface area contributed by atoms with Gasteiger partial charge in [0.05, 0.1) is 11.8 Å². The van der Waals surface area contributed by atoms with Crippen LogP contribution < -0.4 is 0 Å². The largest absolute Gasteiger partial charge is 0.273 e. The molecule has 0 saturated carbocycles. The van der Waals surface area contributed by atoms with Crippen LogP contribution in [0.15, 0.2) is 58.1 Å². The molecule has 1 heterocycles. The van der Waals surface area contributed by atoms with Crippen molar-refractivity contribution >= 4 is 27.5 Å². The van der Waals surface area contributed by atoms with E-state index in [1.165, 1.54) is 24.1 Å². The molecular weight excluding hydrogens is 347 g/mol. The molecule has 0 aromatic heterocycles. The Morgan fingerprint density at radius 1 is 1.27 bits per heavy atom. The summed E-state index contributed by atoms with van der Waals surface area (Å²) < 4.78 is 14.4. The van der Waals surface area contributed by atoms with E-state index >= 15 is 0 Å². The number of hydrogen-bond donors (Lipinski definition) is 0. The summed E-state index contributed by atoms with van der Waals surface area (Å²) >= 11 is 3.45. The van der Waals surface area contributed by atoms with Gasteiger partial charge in [-0.15, -0.1) is 0 Å². The third-order valence-corrected chi connectivity index (χ3v) is 4.12. The molecular formula is C17H14BrFN2O. The summed E-state index contributed by atoms with van der Waals surface area (Å²) in [5.74, 6) is -0.433. The number of rotatable bonds is 2. The van der Waals surface area contributed by atoms with E-state index in [9.17, 15) is 9.18 Å². The first kappa shape index (κ1) is 14.9. The first-order chi connectivity index (χ1) is 10.5. The fourth-order valence-electron chi connectivity index (χ4n) is 2.62. The molecule has 3 nitrogen and oxygen atoms in total. The minimum atomic E-state index is -0.305. The molecule has 1 aliphatic rings. The standard InChI is InChI=1S/C17H14BrFN2O/c1-11(22)21-17(13-5-2-6-14(18)8-13)10-16(20-21)12-4-3-7-15(19)9-12/h2-9,17H,10H2,1H3. The minimum absolute atomic E-state index is 0.128. The molecule has 0 radical (unpaired) electrons. The van der Waals surface area contributed by atoms with Gasteiger partial charge in [-0.25, -0.2) is 9.40 Å². The Morgan fingerprint density at radius 2 is 2.05 bits per heavy atom. The first-order valence-electron chi connectivity index (χ1n) is 6.93. The molecule has 0 fully saturated rings. The van der Waals surface area contributed by atoms with Crippen LogP contribution in [-0.4, -0.2) is 16.6 Å². The number of carbonyl (C=O) groups is 1. The summed E-state index contributed by atoms with van der Waals surface area (Å²) in [6.45, 7) is 1.49. The van der Waals surface area contributed by atoms with Gasteiger partial charge in [0.25, 0.3) is 0 Å². The molecule has 0 aliphatic carbocycles. The number of carbonyl (C=O) groups excluding carboxylic acids is 1. The van der Waals surface area contributed by atoms with Crippen molar-refractivity contribution < 1.29 is 9.18 Å². The highest BCUT2D eigenvalue weighted by atomic mass is 79.9. The Hall–Kier alpha value is -2.01. The van der Waals surface area contributed by atoms with Gasteiger partial charge in [-0.2, -0.15) is 5.10 Å². The van der Waals surface area contributed by atoms with Crippen LogP contribution in [0.3, 0.4) is 0 Å². The van der Waals surface area contributed by atoms with Crippen LogP contribution in [0.1, 0.15) is 30.5 Å². The maximum Gasteiger partial charge on any atom is 0.240 e. The SMILES string of the molecule is CC(=O)N1N=C(c2cccc(F)c2)CC1c1cccc(Br)c1. The summed E-state index contributed by atoms with van der Waals surface area (Å²) in [7, 11) is 0. The maximum absolute atomic E-state index is 13.4. The lowest BCUT2D eigenvalue weighted by Crippen LogP contribution is -2.24. The molecule has 1 unspecified atom stereocenters. The Balaban J connectivity index is 1.96. The van der Waals surface area contributed by atoms with Gasteiger partial charge in [0.15, 0.2) is 0 Å². The van der Waals surface area contributed by atoms with E-state index in [4.69, 9.17) is 0 Å². The smallest absolute Gasteiger partial charge is 0.240 e. The minimum Gasteiger partial charge on any atom is -0.273 e. The number of benzene rings is 2. The van der Waals surface area contributed by atoms with E-state index in [0.717, 1.165) is 15.7 Å². The number of nitrogens with zero attached hydrogens (tertiary/aromatic N) is 2. The molecule has 1 atom stereocenters. The summed E-state index contributed by atoms with van der Waals surface area (Å²) in [5, 5.41) is 5.88. The zero-order valence-corrected chi connectivity index (χ0v) is 13.5. The number of halogens is 2. The third-order valence-electron chi connectivity index (χ3n) is 3.62. The lowest BCUT2D eigenvalue weighted by Gasteiger charge is -2.20. The molecule has 112 valence electrons. The number of hydrogen-bond acceptors (Lipinski definition) is 2. The molecule has 0 bridgehead atoms. The molecule has 22 heavy (non-hydrogen) atoms. The Kier molecular flexibility index (Phi) is 4.07. The fraction of sp³-hybridized carbons (Fsp3) is 0.176. The van der Waals surface area contributed by atoms with Crippen molar-refractivity contribution in [3.8, 4) is 0 Å². The predicted octanol–water partition coefficient (Wildman–Crippen LogP) is 4.29. The van der Waals surface area contributed by atoms with E-state index in [1.807, 2.05) is 30.3 Å². The van der Waals surface area contributed by atoms with Crippen LogP contribution in [0.2, 0.25) is 0 Å². The van der Waals surface area contributed by atoms with Gasteiger partial charge < -0.3 is 0 Å². The van der Waals surface area contributed by atoms with E-state index < -0.39 is 0 Å². The number of hydrazone groups is 1. The highest BCUT2D eigenvalue weighted by molar-refractivity contribution is 9.10. The van der Waals surface area contributed by atoms with Crippen LogP contribution in [-0.2, 0) is 4.79 Å². The summed E-state index contributed by atoms with van der Waals surface area (Å²) in [4.78, 5) is 11.9. The van der Waals surface area contributed by atoms with Gasteiger partial charge in [-0.05, 0) is 29.8 Å². The topological polar surface area (TPSA) is 32.7 Å². The molecule has 5 heteroatoms. The fourth-order valence-corrected chi connectivity index (χ4v) is 3.03. The van der Waals surface area contributed by atoms with Gasteiger partial charge >= 0.3 is 0 Å². The van der Waals surface area contributed by atoms with Crippen LogP contribution in [0, 0.1) is 5.82 Å². The quantitative estimate of drug-likeness (QED) is 0.786. The average Bonchev–Trinajstić information content (AvgIpc) is 2.92. The summed E-state index contributed by atoms with van der Waals surface area (Å²) in [6, 6.07) is 14.0. The first-order valence-corrected chi connectivity index (χ1v) is 7.72. The highest BCUT2D eigenvalue weighted by Crippen LogP contribution is 2.33. The van der Waals surface area contributed by atoms with Gasteiger partial charge in [-0.1, -0.05) is 40.2 Å². The molecule has 1 aliphatic heterocycles. The molecule has 0 saturated heterocycles. The van der Waals surface area contributed by atoms with Crippen molar-refractivity contribution in [2.45, 2.75) is 19.4 Å². The van der Waals surface area contributed by atoms with Gasteiger partial charge in [0, 0.05) is 23.4 Å². The van der Waals surface area contributed by atoms with Gasteiger partial charge in [0.2, 0.25) is 5.91 Å². The lowest BCUT2D eigenvalue weighted by atomic mass is 9.98. The second-order valence-corrected chi connectivity index (χ2v) is 6.11. The van der Waals surface area contributed by atoms with Crippen molar-refractivity contribution in [3.63, 3.8) is 0 Å². The van der Waals surface area contributed by atoms with Crippen LogP contribution in [0.25, 0.3) is 0 Å². The maximum atomic E-state index is 13.4. The van der Waals surface area contributed by atoms with Gasteiger partial charge in [0.1, 0.15) is 5.82 Å². The molecule has 1 amide bonds. The number of amides is 1. The average molecular weight is 361 g/mol. The van der Waals surface area contributed by atoms with Crippen molar-refractivity contribution in [1.29, 1.82) is 0 Å². The zero-order valence-electron chi connectivity index (χ0n) is 12.0. The molecule has 0 N–H and O–H groups in total.